The number of aromatic nitrogens is 3. The van der Waals surface area contributed by atoms with Crippen LogP contribution in [-0.2, 0) is 4.57 Å². The predicted molar refractivity (Wildman–Crippen MR) is 80.8 cm³/mol. The Bertz CT molecular complexity index is 788. The van der Waals surface area contributed by atoms with Crippen molar-refractivity contribution in [3.63, 3.8) is 0 Å². The number of benzene rings is 1. The molecular formula is C11H13N6O5P. The number of rotatable bonds is 4. The molecule has 1 aliphatic heterocycles. The number of hydrogen-bond acceptors (Lipinski definition) is 7. The fourth-order valence-corrected chi connectivity index (χ4v) is 3.19. The number of nitro benzene ring substituents is 1. The van der Waals surface area contributed by atoms with Gasteiger partial charge in [0.1, 0.15) is 24.6 Å². The highest BCUT2D eigenvalue weighted by Crippen LogP contribution is 2.42. The molecule has 2 aromatic rings. The first kappa shape index (κ1) is 15.4. The Labute approximate surface area is 129 Å². The second-order valence-corrected chi connectivity index (χ2v) is 6.56. The van der Waals surface area contributed by atoms with Gasteiger partial charge in [0.05, 0.1) is 16.3 Å². The Morgan fingerprint density at radius 3 is 2.78 bits per heavy atom. The third kappa shape index (κ3) is 3.16. The maximum Gasteiger partial charge on any atom is 0.344 e. The van der Waals surface area contributed by atoms with E-state index in [0.717, 1.165) is 0 Å². The van der Waals surface area contributed by atoms with Crippen molar-refractivity contribution in [2.24, 2.45) is 0 Å². The van der Waals surface area contributed by atoms with E-state index in [4.69, 9.17) is 0 Å². The van der Waals surface area contributed by atoms with E-state index in [2.05, 4.69) is 15.4 Å². The average molecular weight is 340 g/mol. The van der Waals surface area contributed by atoms with Gasteiger partial charge in [-0.15, -0.1) is 0 Å². The van der Waals surface area contributed by atoms with E-state index in [1.807, 2.05) is 0 Å². The third-order valence-corrected chi connectivity index (χ3v) is 4.06. The van der Waals surface area contributed by atoms with Crippen molar-refractivity contribution in [2.75, 3.05) is 29.6 Å². The van der Waals surface area contributed by atoms with Crippen molar-refractivity contribution < 1.29 is 19.3 Å². The monoisotopic (exact) mass is 340 g/mol. The van der Waals surface area contributed by atoms with Gasteiger partial charge in [0, 0.05) is 19.2 Å². The van der Waals surface area contributed by atoms with Gasteiger partial charge in [-0.25, -0.2) is 9.67 Å². The van der Waals surface area contributed by atoms with Gasteiger partial charge in [0.15, 0.2) is 0 Å². The number of fused-ring (bicyclic) bond motifs is 1. The molecule has 0 saturated carbocycles. The van der Waals surface area contributed by atoms with Crippen LogP contribution < -0.4 is 10.2 Å². The molecule has 0 saturated heterocycles. The van der Waals surface area contributed by atoms with Crippen LogP contribution in [0.25, 0.3) is 5.69 Å². The second-order valence-electron chi connectivity index (χ2n) is 4.95. The molecule has 3 rings (SSSR count). The molecule has 3 N–H and O–H groups in total. The van der Waals surface area contributed by atoms with E-state index in [9.17, 15) is 24.5 Å². The first-order valence-electron chi connectivity index (χ1n) is 6.56. The predicted octanol–water partition coefficient (Wildman–Crippen LogP) is 0.543. The summed E-state index contributed by atoms with van der Waals surface area (Å²) < 4.78 is 12.5. The molecule has 23 heavy (non-hydrogen) atoms. The SMILES string of the molecule is O=[N+]([O-])c1cc2c(cc1-n1cncn1)N(CP(=O)(O)O)CCN2. The highest BCUT2D eigenvalue weighted by Gasteiger charge is 2.28. The Balaban J connectivity index is 2.13. The van der Waals surface area contributed by atoms with Crippen molar-refractivity contribution >= 4 is 24.7 Å². The zero-order valence-corrected chi connectivity index (χ0v) is 12.6. The molecule has 1 aromatic carbocycles. The summed E-state index contributed by atoms with van der Waals surface area (Å²) in [5, 5.41) is 18.2. The Hall–Kier alpha value is -2.49. The molecule has 12 heteroatoms. The van der Waals surface area contributed by atoms with Gasteiger partial charge in [0.25, 0.3) is 5.69 Å². The number of nitrogens with zero attached hydrogens (tertiary/aromatic N) is 5. The molecule has 0 unspecified atom stereocenters. The number of nitro groups is 1. The van der Waals surface area contributed by atoms with Crippen LogP contribution in [0, 0.1) is 10.1 Å². The minimum atomic E-state index is -4.27. The minimum absolute atomic E-state index is 0.172. The summed E-state index contributed by atoms with van der Waals surface area (Å²) in [5.74, 6) is 0. The highest BCUT2D eigenvalue weighted by molar-refractivity contribution is 7.51. The first-order chi connectivity index (χ1) is 10.8. The number of nitrogens with one attached hydrogen (secondary N) is 1. The summed E-state index contributed by atoms with van der Waals surface area (Å²) in [6, 6.07) is 2.81. The van der Waals surface area contributed by atoms with Crippen molar-refractivity contribution in [2.45, 2.75) is 0 Å². The lowest BCUT2D eigenvalue weighted by molar-refractivity contribution is -0.384. The van der Waals surface area contributed by atoms with Crippen molar-refractivity contribution in [3.8, 4) is 5.69 Å². The molecule has 2 heterocycles. The molecule has 0 aliphatic carbocycles. The van der Waals surface area contributed by atoms with E-state index in [1.54, 1.807) is 0 Å². The van der Waals surface area contributed by atoms with E-state index in [0.29, 0.717) is 24.5 Å². The van der Waals surface area contributed by atoms with E-state index in [1.165, 1.54) is 34.4 Å². The largest absolute Gasteiger partial charge is 0.381 e. The van der Waals surface area contributed by atoms with Crippen LogP contribution in [-0.4, -0.2) is 48.8 Å². The van der Waals surface area contributed by atoms with Crippen LogP contribution in [0.4, 0.5) is 17.1 Å². The molecule has 0 atom stereocenters. The Kier molecular flexibility index (Phi) is 3.76. The summed E-state index contributed by atoms with van der Waals surface area (Å²) in [6.07, 6.45) is 2.10. The molecule has 0 amide bonds. The van der Waals surface area contributed by atoms with Gasteiger partial charge in [0.2, 0.25) is 0 Å². The van der Waals surface area contributed by atoms with Gasteiger partial charge >= 0.3 is 7.60 Å². The van der Waals surface area contributed by atoms with Gasteiger partial charge in [-0.3, -0.25) is 14.7 Å². The molecule has 1 aliphatic rings. The lowest BCUT2D eigenvalue weighted by Gasteiger charge is -2.32. The fraction of sp³-hybridized carbons (Fsp3) is 0.273. The van der Waals surface area contributed by atoms with Crippen molar-refractivity contribution in [3.05, 3.63) is 34.9 Å². The second kappa shape index (κ2) is 5.61. The van der Waals surface area contributed by atoms with Crippen LogP contribution in [0.5, 0.6) is 0 Å². The van der Waals surface area contributed by atoms with Crippen molar-refractivity contribution in [1.82, 2.24) is 14.8 Å². The van der Waals surface area contributed by atoms with E-state index in [-0.39, 0.29) is 11.4 Å². The topological polar surface area (TPSA) is 147 Å². The van der Waals surface area contributed by atoms with Crippen LogP contribution >= 0.6 is 7.60 Å². The lowest BCUT2D eigenvalue weighted by Crippen LogP contribution is -2.34. The van der Waals surface area contributed by atoms with Gasteiger partial charge in [-0.2, -0.15) is 5.10 Å². The summed E-state index contributed by atoms with van der Waals surface area (Å²) in [7, 11) is -4.27. The zero-order chi connectivity index (χ0) is 16.6. The maximum atomic E-state index is 11.3. The maximum absolute atomic E-state index is 11.3. The highest BCUT2D eigenvalue weighted by atomic mass is 31.2. The number of anilines is 2. The summed E-state index contributed by atoms with van der Waals surface area (Å²) in [5.41, 5.74) is 0.904. The lowest BCUT2D eigenvalue weighted by atomic mass is 10.1. The van der Waals surface area contributed by atoms with Gasteiger partial charge in [-0.05, 0) is 6.07 Å². The van der Waals surface area contributed by atoms with Crippen LogP contribution in [0.3, 0.4) is 0 Å². The Morgan fingerprint density at radius 1 is 1.39 bits per heavy atom. The molecule has 0 fully saturated rings. The van der Waals surface area contributed by atoms with E-state index >= 15 is 0 Å². The molecular weight excluding hydrogens is 327 g/mol. The van der Waals surface area contributed by atoms with Crippen LogP contribution in [0.15, 0.2) is 24.8 Å². The molecule has 0 spiro atoms. The molecule has 122 valence electrons. The normalized spacial score (nSPS) is 14.3. The average Bonchev–Trinajstić information content (AvgIpc) is 2.98. The molecule has 0 bridgehead atoms. The summed E-state index contributed by atoms with van der Waals surface area (Å²) >= 11 is 0. The van der Waals surface area contributed by atoms with Crippen LogP contribution in [0.2, 0.25) is 0 Å². The van der Waals surface area contributed by atoms with Gasteiger partial charge < -0.3 is 20.0 Å². The Morgan fingerprint density at radius 2 is 2.17 bits per heavy atom. The fourth-order valence-electron chi connectivity index (χ4n) is 2.45. The summed E-state index contributed by atoms with van der Waals surface area (Å²) in [6.45, 7) is 0.791. The standard InChI is InChI=1S/C11H13N6O5P/c18-17(19)11-3-8-9(4-10(11)16-6-12-5-14-16)15(2-1-13-8)7-23(20,21)22/h3-6,13H,1-2,7H2,(H2,20,21,22). The molecule has 0 radical (unpaired) electrons. The smallest absolute Gasteiger partial charge is 0.344 e. The quantitative estimate of drug-likeness (QED) is 0.412. The molecule has 1 aromatic heterocycles. The third-order valence-electron chi connectivity index (χ3n) is 3.35. The van der Waals surface area contributed by atoms with Crippen molar-refractivity contribution in [1.29, 1.82) is 0 Å². The number of hydrogen-bond donors (Lipinski definition) is 3. The summed E-state index contributed by atoms with van der Waals surface area (Å²) in [4.78, 5) is 34.4. The zero-order valence-electron chi connectivity index (χ0n) is 11.7. The van der Waals surface area contributed by atoms with Crippen LogP contribution in [0.1, 0.15) is 0 Å². The molecule has 11 nitrogen and oxygen atoms in total. The first-order valence-corrected chi connectivity index (χ1v) is 8.36. The van der Waals surface area contributed by atoms with Gasteiger partial charge in [-0.1, -0.05) is 0 Å². The minimum Gasteiger partial charge on any atom is -0.381 e. The van der Waals surface area contributed by atoms with E-state index < -0.39 is 18.8 Å².